The van der Waals surface area contributed by atoms with Crippen LogP contribution in [0.4, 0.5) is 11.4 Å². The summed E-state index contributed by atoms with van der Waals surface area (Å²) in [5, 5.41) is 0. The van der Waals surface area contributed by atoms with Gasteiger partial charge < -0.3 is 9.64 Å². The van der Waals surface area contributed by atoms with Crippen molar-refractivity contribution in [1.29, 1.82) is 0 Å². The van der Waals surface area contributed by atoms with Crippen LogP contribution < -0.4 is 9.64 Å². The van der Waals surface area contributed by atoms with Crippen molar-refractivity contribution < 1.29 is 4.74 Å². The number of anilines is 1. The van der Waals surface area contributed by atoms with Crippen molar-refractivity contribution in [2.24, 2.45) is 4.99 Å². The third-order valence-corrected chi connectivity index (χ3v) is 5.90. The predicted octanol–water partition coefficient (Wildman–Crippen LogP) is 7.34. The van der Waals surface area contributed by atoms with Crippen LogP contribution >= 0.6 is 0 Å². The molecule has 4 rings (SSSR count). The summed E-state index contributed by atoms with van der Waals surface area (Å²) in [5.41, 5.74) is 5.03. The van der Waals surface area contributed by atoms with E-state index in [1.165, 1.54) is 11.3 Å². The Kier molecular flexibility index (Phi) is 5.63. The van der Waals surface area contributed by atoms with Crippen LogP contribution in [0.2, 0.25) is 0 Å². The first-order valence-electron chi connectivity index (χ1n) is 10.7. The maximum Gasteiger partial charge on any atom is 0.127 e. The average molecular weight is 399 g/mol. The van der Waals surface area contributed by atoms with Gasteiger partial charge in [-0.25, -0.2) is 0 Å². The number of ether oxygens (including phenoxy) is 1. The number of benzene rings is 3. The number of hydrogen-bond donors (Lipinski definition) is 0. The fourth-order valence-corrected chi connectivity index (χ4v) is 4.56. The van der Waals surface area contributed by atoms with Gasteiger partial charge in [-0.05, 0) is 92.8 Å². The highest BCUT2D eigenvalue weighted by atomic mass is 16.5. The van der Waals surface area contributed by atoms with Crippen LogP contribution in [0.25, 0.3) is 0 Å². The summed E-state index contributed by atoms with van der Waals surface area (Å²) in [6.07, 6.45) is 3.12. The van der Waals surface area contributed by atoms with Crippen molar-refractivity contribution in [2.45, 2.75) is 45.6 Å². The summed E-state index contributed by atoms with van der Waals surface area (Å²) in [4.78, 5) is 7.19. The molecule has 3 aromatic rings. The molecule has 1 heterocycles. The molecule has 0 aromatic heterocycles. The van der Waals surface area contributed by atoms with E-state index in [9.17, 15) is 0 Å². The molecular formula is C27H30N2O. The lowest BCUT2D eigenvalue weighted by Gasteiger charge is -2.47. The monoisotopic (exact) mass is 398 g/mol. The number of aliphatic imine (C=N–C) groups is 1. The molecule has 0 N–H and O–H groups in total. The van der Waals surface area contributed by atoms with E-state index in [2.05, 4.69) is 55.8 Å². The third kappa shape index (κ3) is 4.25. The topological polar surface area (TPSA) is 24.8 Å². The Morgan fingerprint density at radius 3 is 2.40 bits per heavy atom. The molecule has 1 atom stereocenters. The molecule has 154 valence electrons. The maximum atomic E-state index is 5.85. The Morgan fingerprint density at radius 2 is 1.70 bits per heavy atom. The zero-order chi connectivity index (χ0) is 21.1. The van der Waals surface area contributed by atoms with E-state index in [0.717, 1.165) is 35.7 Å². The molecule has 0 fully saturated rings. The van der Waals surface area contributed by atoms with Gasteiger partial charge in [-0.15, -0.1) is 0 Å². The number of nitrogens with zero attached hydrogens (tertiary/aromatic N) is 2. The van der Waals surface area contributed by atoms with E-state index < -0.39 is 0 Å². The zero-order valence-corrected chi connectivity index (χ0v) is 18.3. The molecule has 0 saturated heterocycles. The maximum absolute atomic E-state index is 5.85. The number of para-hydroxylation sites is 1. The first kappa shape index (κ1) is 20.2. The van der Waals surface area contributed by atoms with Crippen molar-refractivity contribution in [3.05, 3.63) is 83.9 Å². The van der Waals surface area contributed by atoms with Crippen LogP contribution in [-0.4, -0.2) is 18.3 Å². The first-order chi connectivity index (χ1) is 14.5. The fourth-order valence-electron chi connectivity index (χ4n) is 4.56. The summed E-state index contributed by atoms with van der Waals surface area (Å²) in [5.74, 6) is 2.19. The Balaban J connectivity index is 1.50. The molecule has 0 radical (unpaired) electrons. The molecule has 0 amide bonds. The second-order valence-corrected chi connectivity index (χ2v) is 8.65. The molecule has 1 aliphatic rings. The van der Waals surface area contributed by atoms with E-state index in [4.69, 9.17) is 4.74 Å². The van der Waals surface area contributed by atoms with Crippen LogP contribution in [-0.2, 0) is 0 Å². The van der Waals surface area contributed by atoms with Crippen LogP contribution in [0.1, 0.15) is 51.2 Å². The minimum Gasteiger partial charge on any atom is -0.457 e. The highest BCUT2D eigenvalue weighted by Gasteiger charge is 2.35. The minimum absolute atomic E-state index is 0.195. The normalized spacial score (nSPS) is 17.7. The SMILES string of the molecule is CCN1c2ccc(C=Nc3ccc(Oc4ccccc4)cc3)cc2[C@@H](C)CC1(C)C. The Hall–Kier alpha value is -3.07. The van der Waals surface area contributed by atoms with Gasteiger partial charge in [-0.2, -0.15) is 0 Å². The van der Waals surface area contributed by atoms with Crippen molar-refractivity contribution in [3.8, 4) is 11.5 Å². The average Bonchev–Trinajstić information content (AvgIpc) is 2.74. The van der Waals surface area contributed by atoms with Gasteiger partial charge in [-0.1, -0.05) is 31.2 Å². The van der Waals surface area contributed by atoms with Crippen LogP contribution in [0.5, 0.6) is 11.5 Å². The molecule has 0 saturated carbocycles. The molecule has 0 bridgehead atoms. The predicted molar refractivity (Wildman–Crippen MR) is 127 cm³/mol. The van der Waals surface area contributed by atoms with E-state index in [-0.39, 0.29) is 5.54 Å². The lowest BCUT2D eigenvalue weighted by atomic mass is 9.79. The lowest BCUT2D eigenvalue weighted by molar-refractivity contribution is 0.381. The van der Waals surface area contributed by atoms with Crippen LogP contribution in [0.3, 0.4) is 0 Å². The quantitative estimate of drug-likeness (QED) is 0.420. The Morgan fingerprint density at radius 1 is 1.00 bits per heavy atom. The van der Waals surface area contributed by atoms with Gasteiger partial charge in [0.1, 0.15) is 11.5 Å². The van der Waals surface area contributed by atoms with Crippen LogP contribution in [0, 0.1) is 0 Å². The second kappa shape index (κ2) is 8.35. The van der Waals surface area contributed by atoms with Gasteiger partial charge in [0.2, 0.25) is 0 Å². The molecule has 1 aliphatic heterocycles. The standard InChI is InChI=1S/C27H30N2O/c1-5-29-26-16-11-21(17-25(26)20(2)18-27(29,3)4)19-28-22-12-14-24(15-13-22)30-23-9-7-6-8-10-23/h6-17,19-20H,5,18H2,1-4H3/t20-/m0/s1. The van der Waals surface area contributed by atoms with Gasteiger partial charge >= 0.3 is 0 Å². The van der Waals surface area contributed by atoms with Crippen molar-refractivity contribution in [1.82, 2.24) is 0 Å². The van der Waals surface area contributed by atoms with E-state index in [0.29, 0.717) is 5.92 Å². The number of fused-ring (bicyclic) bond motifs is 1. The molecule has 0 aliphatic carbocycles. The summed E-state index contributed by atoms with van der Waals surface area (Å²) in [6, 6.07) is 24.4. The Labute approximate surface area is 180 Å². The summed E-state index contributed by atoms with van der Waals surface area (Å²) in [6.45, 7) is 10.3. The van der Waals surface area contributed by atoms with Crippen molar-refractivity contribution in [2.75, 3.05) is 11.4 Å². The van der Waals surface area contributed by atoms with Crippen LogP contribution in [0.15, 0.2) is 77.8 Å². The van der Waals surface area contributed by atoms with E-state index in [1.54, 1.807) is 0 Å². The second-order valence-electron chi connectivity index (χ2n) is 8.65. The van der Waals surface area contributed by atoms with Gasteiger partial charge in [0.25, 0.3) is 0 Å². The third-order valence-electron chi connectivity index (χ3n) is 5.90. The lowest BCUT2D eigenvalue weighted by Crippen LogP contribution is -2.48. The van der Waals surface area contributed by atoms with Crippen molar-refractivity contribution in [3.63, 3.8) is 0 Å². The first-order valence-corrected chi connectivity index (χ1v) is 10.7. The summed E-state index contributed by atoms with van der Waals surface area (Å²) < 4.78 is 5.85. The van der Waals surface area contributed by atoms with Gasteiger partial charge in [0, 0.05) is 24.0 Å². The van der Waals surface area contributed by atoms with Crippen molar-refractivity contribution >= 4 is 17.6 Å². The smallest absolute Gasteiger partial charge is 0.127 e. The molecule has 30 heavy (non-hydrogen) atoms. The highest BCUT2D eigenvalue weighted by molar-refractivity contribution is 5.83. The summed E-state index contributed by atoms with van der Waals surface area (Å²) in [7, 11) is 0. The minimum atomic E-state index is 0.195. The van der Waals surface area contributed by atoms with Gasteiger partial charge in [-0.3, -0.25) is 4.99 Å². The summed E-state index contributed by atoms with van der Waals surface area (Å²) >= 11 is 0. The van der Waals surface area contributed by atoms with Gasteiger partial charge in [0.15, 0.2) is 0 Å². The Bertz CT molecular complexity index is 1020. The fraction of sp³-hybridized carbons (Fsp3) is 0.296. The number of rotatable bonds is 5. The van der Waals surface area contributed by atoms with Gasteiger partial charge in [0.05, 0.1) is 5.69 Å². The molecular weight excluding hydrogens is 368 g/mol. The largest absolute Gasteiger partial charge is 0.457 e. The highest BCUT2D eigenvalue weighted by Crippen LogP contribution is 2.43. The van der Waals surface area contributed by atoms with E-state index >= 15 is 0 Å². The molecule has 3 aromatic carbocycles. The molecule has 0 unspecified atom stereocenters. The molecule has 0 spiro atoms. The zero-order valence-electron chi connectivity index (χ0n) is 18.3. The number of hydrogen-bond acceptors (Lipinski definition) is 3. The molecule has 3 nitrogen and oxygen atoms in total. The van der Waals surface area contributed by atoms with E-state index in [1.807, 2.05) is 60.8 Å². The molecule has 3 heteroatoms.